The first-order valence-electron chi connectivity index (χ1n) is 5.03. The van der Waals surface area contributed by atoms with Gasteiger partial charge in [0.25, 0.3) is 0 Å². The van der Waals surface area contributed by atoms with Gasteiger partial charge in [0.1, 0.15) is 6.10 Å². The fraction of sp³-hybridized carbons (Fsp3) is 0.333. The van der Waals surface area contributed by atoms with E-state index in [2.05, 4.69) is 9.89 Å². The molecular formula is C12H15NO4. The van der Waals surface area contributed by atoms with Crippen LogP contribution in [0, 0.1) is 6.92 Å². The maximum atomic E-state index is 11.4. The lowest BCUT2D eigenvalue weighted by Crippen LogP contribution is -2.25. The van der Waals surface area contributed by atoms with Crippen LogP contribution in [0.1, 0.15) is 17.2 Å². The average Bonchev–Trinajstić information content (AvgIpc) is 2.36. The van der Waals surface area contributed by atoms with Crippen LogP contribution in [0.3, 0.4) is 0 Å². The van der Waals surface area contributed by atoms with Crippen molar-refractivity contribution in [1.82, 2.24) is 0 Å². The molecule has 0 heterocycles. The van der Waals surface area contributed by atoms with E-state index in [0.29, 0.717) is 0 Å². The van der Waals surface area contributed by atoms with Gasteiger partial charge in [-0.1, -0.05) is 35.0 Å². The van der Waals surface area contributed by atoms with Gasteiger partial charge in [0.05, 0.1) is 7.11 Å². The number of carbonyl (C=O) groups excluding carboxylic acids is 1. The minimum atomic E-state index is -0.743. The highest BCUT2D eigenvalue weighted by Crippen LogP contribution is 2.19. The van der Waals surface area contributed by atoms with Gasteiger partial charge in [-0.15, -0.1) is 0 Å². The summed E-state index contributed by atoms with van der Waals surface area (Å²) in [6.45, 7) is 1.95. The fourth-order valence-electron chi connectivity index (χ4n) is 1.45. The molecule has 0 aliphatic carbocycles. The summed E-state index contributed by atoms with van der Waals surface area (Å²) in [5.74, 6) is -0.722. The molecule has 17 heavy (non-hydrogen) atoms. The van der Waals surface area contributed by atoms with E-state index in [1.165, 1.54) is 14.2 Å². The summed E-state index contributed by atoms with van der Waals surface area (Å²) in [6, 6.07) is 7.37. The van der Waals surface area contributed by atoms with Crippen molar-refractivity contribution in [2.24, 2.45) is 5.16 Å². The number of hydrogen-bond acceptors (Lipinski definition) is 5. The van der Waals surface area contributed by atoms with Gasteiger partial charge < -0.3 is 14.7 Å². The van der Waals surface area contributed by atoms with Crippen LogP contribution < -0.4 is 0 Å². The first-order chi connectivity index (χ1) is 8.13. The Kier molecular flexibility index (Phi) is 4.66. The zero-order valence-corrected chi connectivity index (χ0v) is 10.0. The first kappa shape index (κ1) is 13.2. The van der Waals surface area contributed by atoms with E-state index in [1.54, 1.807) is 12.1 Å². The van der Waals surface area contributed by atoms with Crippen LogP contribution in [0.2, 0.25) is 0 Å². The molecule has 0 radical (unpaired) electrons. The van der Waals surface area contributed by atoms with Crippen LogP contribution in [-0.2, 0) is 14.3 Å². The van der Waals surface area contributed by atoms with Crippen molar-refractivity contribution < 1.29 is 19.5 Å². The second kappa shape index (κ2) is 6.00. The maximum Gasteiger partial charge on any atom is 0.358 e. The van der Waals surface area contributed by atoms with E-state index in [1.807, 2.05) is 19.1 Å². The van der Waals surface area contributed by atoms with E-state index in [0.717, 1.165) is 11.1 Å². The molecule has 1 atom stereocenters. The number of benzene rings is 1. The van der Waals surface area contributed by atoms with Crippen LogP contribution in [-0.4, -0.2) is 31.1 Å². The molecule has 0 spiro atoms. The highest BCUT2D eigenvalue weighted by molar-refractivity contribution is 6.38. The van der Waals surface area contributed by atoms with E-state index >= 15 is 0 Å². The molecule has 5 nitrogen and oxygen atoms in total. The van der Waals surface area contributed by atoms with Crippen LogP contribution in [0.15, 0.2) is 29.4 Å². The van der Waals surface area contributed by atoms with Gasteiger partial charge in [-0.2, -0.15) is 0 Å². The summed E-state index contributed by atoms with van der Waals surface area (Å²) in [5, 5.41) is 11.8. The van der Waals surface area contributed by atoms with Gasteiger partial charge in [0, 0.05) is 7.11 Å². The third kappa shape index (κ3) is 3.04. The smallest absolute Gasteiger partial charge is 0.358 e. The Morgan fingerprint density at radius 2 is 1.88 bits per heavy atom. The number of esters is 1. The molecule has 0 saturated carbocycles. The second-order valence-electron chi connectivity index (χ2n) is 3.50. The Morgan fingerprint density at radius 1 is 1.29 bits per heavy atom. The minimum absolute atomic E-state index is 0.182. The number of carbonyl (C=O) groups is 1. The average molecular weight is 237 g/mol. The molecule has 0 amide bonds. The summed E-state index contributed by atoms with van der Waals surface area (Å²) >= 11 is 0. The first-order valence-corrected chi connectivity index (χ1v) is 5.03. The number of oxime groups is 1. The number of rotatable bonds is 4. The molecule has 0 bridgehead atoms. The lowest BCUT2D eigenvalue weighted by molar-refractivity contribution is -0.133. The number of aryl methyl sites for hydroxylation is 1. The van der Waals surface area contributed by atoms with Crippen molar-refractivity contribution in [2.45, 2.75) is 13.0 Å². The zero-order valence-electron chi connectivity index (χ0n) is 10.0. The standard InChI is InChI=1S/C12H15NO4/c1-8-4-6-9(7-5-8)11(16-2)10(13-15)12(14)17-3/h4-7,11,15H,1-3H3/b13-10-. The number of nitrogens with zero attached hydrogens (tertiary/aromatic N) is 1. The summed E-state index contributed by atoms with van der Waals surface area (Å²) in [5.41, 5.74) is 1.62. The lowest BCUT2D eigenvalue weighted by Gasteiger charge is -2.15. The fourth-order valence-corrected chi connectivity index (χ4v) is 1.45. The van der Waals surface area contributed by atoms with Gasteiger partial charge in [0.2, 0.25) is 0 Å². The second-order valence-corrected chi connectivity index (χ2v) is 3.50. The van der Waals surface area contributed by atoms with Crippen molar-refractivity contribution in [1.29, 1.82) is 0 Å². The molecule has 1 aromatic carbocycles. The monoisotopic (exact) mass is 237 g/mol. The highest BCUT2D eigenvalue weighted by Gasteiger charge is 2.26. The number of methoxy groups -OCH3 is 2. The third-order valence-electron chi connectivity index (χ3n) is 2.37. The molecule has 1 unspecified atom stereocenters. The minimum Gasteiger partial charge on any atom is -0.464 e. The normalized spacial score (nSPS) is 13.2. The molecule has 0 fully saturated rings. The molecule has 1 rings (SSSR count). The van der Waals surface area contributed by atoms with E-state index in [-0.39, 0.29) is 5.71 Å². The molecule has 1 N–H and O–H groups in total. The van der Waals surface area contributed by atoms with Crippen molar-refractivity contribution in [3.05, 3.63) is 35.4 Å². The van der Waals surface area contributed by atoms with Crippen molar-refractivity contribution in [2.75, 3.05) is 14.2 Å². The molecule has 0 saturated heterocycles. The van der Waals surface area contributed by atoms with Crippen molar-refractivity contribution >= 4 is 11.7 Å². The molecule has 1 aromatic rings. The Bertz CT molecular complexity index is 411. The maximum absolute atomic E-state index is 11.4. The van der Waals surface area contributed by atoms with Crippen LogP contribution in [0.25, 0.3) is 0 Å². The summed E-state index contributed by atoms with van der Waals surface area (Å²) in [7, 11) is 2.65. The van der Waals surface area contributed by atoms with E-state index < -0.39 is 12.1 Å². The number of ether oxygens (including phenoxy) is 2. The largest absolute Gasteiger partial charge is 0.464 e. The van der Waals surface area contributed by atoms with Crippen LogP contribution in [0.5, 0.6) is 0 Å². The Morgan fingerprint density at radius 3 is 2.29 bits per heavy atom. The topological polar surface area (TPSA) is 68.1 Å². The van der Waals surface area contributed by atoms with Crippen LogP contribution >= 0.6 is 0 Å². The Hall–Kier alpha value is -1.88. The van der Waals surface area contributed by atoms with Gasteiger partial charge in [-0.05, 0) is 12.5 Å². The predicted molar refractivity (Wildman–Crippen MR) is 62.2 cm³/mol. The number of hydrogen-bond donors (Lipinski definition) is 1. The predicted octanol–water partition coefficient (Wildman–Crippen LogP) is 1.69. The van der Waals surface area contributed by atoms with Gasteiger partial charge in [-0.25, -0.2) is 4.79 Å². The van der Waals surface area contributed by atoms with Crippen LogP contribution in [0.4, 0.5) is 0 Å². The van der Waals surface area contributed by atoms with Gasteiger partial charge in [-0.3, -0.25) is 0 Å². The summed E-state index contributed by atoms with van der Waals surface area (Å²) in [4.78, 5) is 11.4. The molecule has 0 aliphatic heterocycles. The SMILES string of the molecule is COC(=O)/C(=N\O)C(OC)c1ccc(C)cc1. The molecular weight excluding hydrogens is 222 g/mol. The zero-order chi connectivity index (χ0) is 12.8. The Labute approximate surface area is 99.7 Å². The summed E-state index contributed by atoms with van der Waals surface area (Å²) in [6.07, 6.45) is -0.743. The quantitative estimate of drug-likeness (QED) is 0.374. The van der Waals surface area contributed by atoms with Crippen molar-refractivity contribution in [3.8, 4) is 0 Å². The van der Waals surface area contributed by atoms with E-state index in [4.69, 9.17) is 9.94 Å². The molecule has 92 valence electrons. The van der Waals surface area contributed by atoms with E-state index in [9.17, 15) is 4.79 Å². The molecule has 0 aromatic heterocycles. The van der Waals surface area contributed by atoms with Crippen molar-refractivity contribution in [3.63, 3.8) is 0 Å². The van der Waals surface area contributed by atoms with Gasteiger partial charge in [0.15, 0.2) is 5.71 Å². The van der Waals surface area contributed by atoms with Gasteiger partial charge >= 0.3 is 5.97 Å². The lowest BCUT2D eigenvalue weighted by atomic mass is 10.0. The Balaban J connectivity index is 3.06. The third-order valence-corrected chi connectivity index (χ3v) is 2.37. The summed E-state index contributed by atoms with van der Waals surface area (Å²) < 4.78 is 9.68. The highest BCUT2D eigenvalue weighted by atomic mass is 16.5. The molecule has 5 heteroatoms. The molecule has 0 aliphatic rings.